The van der Waals surface area contributed by atoms with Gasteiger partial charge in [-0.1, -0.05) is 37.3 Å². The molecule has 5 heteroatoms. The lowest BCUT2D eigenvalue weighted by Gasteiger charge is -2.16. The van der Waals surface area contributed by atoms with E-state index in [1.807, 2.05) is 23.6 Å². The number of aryl methyl sites for hydroxylation is 1. The molecule has 2 N–H and O–H groups in total. The van der Waals surface area contributed by atoms with Crippen LogP contribution in [0.4, 0.5) is 0 Å². The second-order valence-electron chi connectivity index (χ2n) is 5.57. The molecule has 4 nitrogen and oxygen atoms in total. The van der Waals surface area contributed by atoms with Crippen LogP contribution in [0.15, 0.2) is 54.0 Å². The Morgan fingerprint density at radius 2 is 2.00 bits per heavy atom. The normalized spacial score (nSPS) is 12.2. The summed E-state index contributed by atoms with van der Waals surface area (Å²) in [5, 5.41) is 16.0. The van der Waals surface area contributed by atoms with Crippen LogP contribution < -0.4 is 5.32 Å². The second kappa shape index (κ2) is 8.15. The largest absolute Gasteiger partial charge is 0.394 e. The summed E-state index contributed by atoms with van der Waals surface area (Å²) in [6.45, 7) is 2.81. The molecule has 2 heterocycles. The second-order valence-corrected chi connectivity index (χ2v) is 6.43. The van der Waals surface area contributed by atoms with Crippen molar-refractivity contribution in [2.24, 2.45) is 0 Å². The summed E-state index contributed by atoms with van der Waals surface area (Å²) in [6, 6.07) is 14.1. The van der Waals surface area contributed by atoms with E-state index in [-0.39, 0.29) is 12.6 Å². The third-order valence-corrected chi connectivity index (χ3v) is 4.85. The predicted molar refractivity (Wildman–Crippen MR) is 97.8 cm³/mol. The van der Waals surface area contributed by atoms with Crippen molar-refractivity contribution >= 4 is 11.3 Å². The maximum absolute atomic E-state index is 9.68. The lowest BCUT2D eigenvalue weighted by Crippen LogP contribution is -2.24. The lowest BCUT2D eigenvalue weighted by atomic mass is 10.0. The van der Waals surface area contributed by atoms with Crippen LogP contribution in [0.1, 0.15) is 29.8 Å². The first-order valence-electron chi connectivity index (χ1n) is 8.09. The van der Waals surface area contributed by atoms with Crippen LogP contribution in [-0.4, -0.2) is 21.7 Å². The van der Waals surface area contributed by atoms with Gasteiger partial charge in [0.15, 0.2) is 0 Å². The maximum Gasteiger partial charge on any atom is 0.142 e. The minimum absolute atomic E-state index is 0.0582. The van der Waals surface area contributed by atoms with Gasteiger partial charge < -0.3 is 10.4 Å². The van der Waals surface area contributed by atoms with Crippen LogP contribution in [0.2, 0.25) is 0 Å². The molecule has 0 fully saturated rings. The van der Waals surface area contributed by atoms with Gasteiger partial charge in [-0.05, 0) is 29.7 Å². The van der Waals surface area contributed by atoms with Gasteiger partial charge in [-0.15, -0.1) is 11.3 Å². The first-order valence-corrected chi connectivity index (χ1v) is 8.97. The van der Waals surface area contributed by atoms with Crippen molar-refractivity contribution in [3.63, 3.8) is 0 Å². The quantitative estimate of drug-likeness (QED) is 0.691. The zero-order chi connectivity index (χ0) is 16.8. The molecule has 1 atom stereocenters. The van der Waals surface area contributed by atoms with Crippen molar-refractivity contribution in [3.8, 4) is 10.7 Å². The molecule has 0 aliphatic carbocycles. The van der Waals surface area contributed by atoms with Gasteiger partial charge in [0.05, 0.1) is 24.0 Å². The summed E-state index contributed by atoms with van der Waals surface area (Å²) < 4.78 is 0. The molecule has 124 valence electrons. The highest BCUT2D eigenvalue weighted by atomic mass is 32.1. The number of rotatable bonds is 7. The van der Waals surface area contributed by atoms with Crippen molar-refractivity contribution in [1.29, 1.82) is 0 Å². The Kier molecular flexibility index (Phi) is 5.69. The Balaban J connectivity index is 1.64. The van der Waals surface area contributed by atoms with Gasteiger partial charge in [-0.2, -0.15) is 0 Å². The van der Waals surface area contributed by atoms with Crippen molar-refractivity contribution in [3.05, 3.63) is 70.9 Å². The van der Waals surface area contributed by atoms with Crippen molar-refractivity contribution < 1.29 is 5.11 Å². The van der Waals surface area contributed by atoms with Gasteiger partial charge in [0.2, 0.25) is 0 Å². The average molecular weight is 339 g/mol. The van der Waals surface area contributed by atoms with E-state index >= 15 is 0 Å². The zero-order valence-corrected chi connectivity index (χ0v) is 14.5. The van der Waals surface area contributed by atoms with E-state index in [0.29, 0.717) is 6.54 Å². The third-order valence-electron chi connectivity index (χ3n) is 3.94. The Hall–Kier alpha value is -2.08. The molecule has 0 saturated heterocycles. The summed E-state index contributed by atoms with van der Waals surface area (Å²) in [7, 11) is 0. The molecule has 1 aromatic carbocycles. The standard InChI is InChI=1S/C19H21N3OS/c1-2-14-6-8-15(9-7-14)18(12-23)21-11-16-13-24-19(22-16)17-5-3-4-10-20-17/h3-10,13,18,21,23H,2,11-12H2,1H3. The van der Waals surface area contributed by atoms with Crippen molar-refractivity contribution in [2.45, 2.75) is 25.9 Å². The lowest BCUT2D eigenvalue weighted by molar-refractivity contribution is 0.243. The number of aliphatic hydroxyl groups is 1. The van der Waals surface area contributed by atoms with Crippen molar-refractivity contribution in [2.75, 3.05) is 6.61 Å². The number of benzene rings is 1. The average Bonchev–Trinajstić information content (AvgIpc) is 3.12. The SMILES string of the molecule is CCc1ccc(C(CO)NCc2csc(-c3ccccn3)n2)cc1. The molecule has 0 aliphatic rings. The molecule has 2 aromatic heterocycles. The number of nitrogens with zero attached hydrogens (tertiary/aromatic N) is 2. The molecule has 0 bridgehead atoms. The van der Waals surface area contributed by atoms with Gasteiger partial charge >= 0.3 is 0 Å². The third kappa shape index (κ3) is 4.06. The molecule has 0 aliphatic heterocycles. The van der Waals surface area contributed by atoms with E-state index in [1.165, 1.54) is 5.56 Å². The van der Waals surface area contributed by atoms with Crippen LogP contribution in [0.5, 0.6) is 0 Å². The highest BCUT2D eigenvalue weighted by Crippen LogP contribution is 2.22. The number of hydrogen-bond donors (Lipinski definition) is 2. The molecule has 24 heavy (non-hydrogen) atoms. The van der Waals surface area contributed by atoms with E-state index in [9.17, 15) is 5.11 Å². The van der Waals surface area contributed by atoms with Gasteiger partial charge in [-0.3, -0.25) is 4.98 Å². The Labute approximate surface area is 146 Å². The number of nitrogens with one attached hydrogen (secondary N) is 1. The molecule has 0 spiro atoms. The van der Waals surface area contributed by atoms with Gasteiger partial charge in [0.25, 0.3) is 0 Å². The van der Waals surface area contributed by atoms with Crippen molar-refractivity contribution in [1.82, 2.24) is 15.3 Å². The van der Waals surface area contributed by atoms with Crippen LogP contribution in [-0.2, 0) is 13.0 Å². The molecule has 3 aromatic rings. The summed E-state index contributed by atoms with van der Waals surface area (Å²) in [4.78, 5) is 8.94. The molecule has 1 unspecified atom stereocenters. The summed E-state index contributed by atoms with van der Waals surface area (Å²) in [5.74, 6) is 0. The summed E-state index contributed by atoms with van der Waals surface area (Å²) in [6.07, 6.45) is 2.79. The van der Waals surface area contributed by atoms with E-state index < -0.39 is 0 Å². The smallest absolute Gasteiger partial charge is 0.142 e. The topological polar surface area (TPSA) is 58.0 Å². The summed E-state index contributed by atoms with van der Waals surface area (Å²) >= 11 is 1.59. The van der Waals surface area contributed by atoms with E-state index in [1.54, 1.807) is 17.5 Å². The minimum atomic E-state index is -0.0871. The molecule has 3 rings (SSSR count). The van der Waals surface area contributed by atoms with E-state index in [2.05, 4.69) is 46.5 Å². The van der Waals surface area contributed by atoms with Crippen LogP contribution in [0.25, 0.3) is 10.7 Å². The Morgan fingerprint density at radius 1 is 1.17 bits per heavy atom. The van der Waals surface area contributed by atoms with Gasteiger partial charge in [0.1, 0.15) is 5.01 Å². The van der Waals surface area contributed by atoms with Crippen LogP contribution in [0.3, 0.4) is 0 Å². The molecular weight excluding hydrogens is 318 g/mol. The predicted octanol–water partition coefficient (Wildman–Crippen LogP) is 3.59. The zero-order valence-electron chi connectivity index (χ0n) is 13.6. The number of aromatic nitrogens is 2. The molecule has 0 saturated carbocycles. The first kappa shape index (κ1) is 16.8. The number of hydrogen-bond acceptors (Lipinski definition) is 5. The van der Waals surface area contributed by atoms with Crippen LogP contribution in [0, 0.1) is 0 Å². The summed E-state index contributed by atoms with van der Waals surface area (Å²) in [5.41, 5.74) is 4.25. The number of aliphatic hydroxyl groups excluding tert-OH is 1. The highest BCUT2D eigenvalue weighted by molar-refractivity contribution is 7.13. The van der Waals surface area contributed by atoms with E-state index in [4.69, 9.17) is 0 Å². The fraction of sp³-hybridized carbons (Fsp3) is 0.263. The monoisotopic (exact) mass is 339 g/mol. The highest BCUT2D eigenvalue weighted by Gasteiger charge is 2.11. The number of thiazole rings is 1. The molecule has 0 radical (unpaired) electrons. The van der Waals surface area contributed by atoms with E-state index in [0.717, 1.165) is 28.4 Å². The minimum Gasteiger partial charge on any atom is -0.394 e. The fourth-order valence-electron chi connectivity index (χ4n) is 2.50. The van der Waals surface area contributed by atoms with Crippen LogP contribution >= 0.6 is 11.3 Å². The Bertz CT molecular complexity index is 756. The number of pyridine rings is 1. The van der Waals surface area contributed by atoms with Gasteiger partial charge in [0, 0.05) is 18.1 Å². The fourth-order valence-corrected chi connectivity index (χ4v) is 3.29. The van der Waals surface area contributed by atoms with Gasteiger partial charge in [-0.25, -0.2) is 4.98 Å². The molecule has 0 amide bonds. The first-order chi connectivity index (χ1) is 11.8. The Morgan fingerprint density at radius 3 is 2.67 bits per heavy atom. The molecular formula is C19H21N3OS. The maximum atomic E-state index is 9.68.